The van der Waals surface area contributed by atoms with Crippen molar-refractivity contribution in [2.75, 3.05) is 26.7 Å². The minimum atomic E-state index is -0.0169. The maximum atomic E-state index is 13.1. The normalized spacial score (nSPS) is 16.6. The minimum Gasteiger partial charge on any atom is -0.497 e. The average Bonchev–Trinajstić information content (AvgIpc) is 3.12. The van der Waals surface area contributed by atoms with Gasteiger partial charge in [0.2, 0.25) is 11.8 Å². The lowest BCUT2D eigenvalue weighted by molar-refractivity contribution is -0.132. The Hall–Kier alpha value is -2.90. The summed E-state index contributed by atoms with van der Waals surface area (Å²) in [5.41, 5.74) is 1.55. The van der Waals surface area contributed by atoms with E-state index in [2.05, 4.69) is 10.1 Å². The van der Waals surface area contributed by atoms with Crippen molar-refractivity contribution in [2.45, 2.75) is 46.1 Å². The molecule has 1 aromatic heterocycles. The van der Waals surface area contributed by atoms with Gasteiger partial charge in [0.1, 0.15) is 5.75 Å². The number of carbonyl (C=O) groups is 2. The molecule has 8 nitrogen and oxygen atoms in total. The van der Waals surface area contributed by atoms with Crippen LogP contribution in [0, 0.1) is 13.8 Å². The SMILES string of the molecule is COc1ccc(C(=O)N2CCCC(N(CCc3noc(C)n3)C(C)=O)C2)c(C)c1. The number of piperidine rings is 1. The predicted molar refractivity (Wildman–Crippen MR) is 107 cm³/mol. The number of rotatable bonds is 6. The van der Waals surface area contributed by atoms with Crippen LogP contribution in [0.3, 0.4) is 0 Å². The molecule has 1 unspecified atom stereocenters. The van der Waals surface area contributed by atoms with Crippen molar-refractivity contribution in [3.63, 3.8) is 0 Å². The third-order valence-corrected chi connectivity index (χ3v) is 5.34. The van der Waals surface area contributed by atoms with Gasteiger partial charge in [0.05, 0.1) is 7.11 Å². The highest BCUT2D eigenvalue weighted by atomic mass is 16.5. The number of likely N-dealkylation sites (tertiary alicyclic amines) is 1. The predicted octanol–water partition coefficient (Wildman–Crippen LogP) is 2.39. The van der Waals surface area contributed by atoms with Gasteiger partial charge >= 0.3 is 0 Å². The number of benzene rings is 1. The lowest BCUT2D eigenvalue weighted by Gasteiger charge is -2.39. The fourth-order valence-electron chi connectivity index (χ4n) is 3.83. The van der Waals surface area contributed by atoms with Crippen LogP contribution in [0.15, 0.2) is 22.7 Å². The molecule has 29 heavy (non-hydrogen) atoms. The van der Waals surface area contributed by atoms with E-state index in [1.807, 2.05) is 22.8 Å². The first-order valence-corrected chi connectivity index (χ1v) is 9.89. The van der Waals surface area contributed by atoms with Gasteiger partial charge < -0.3 is 19.1 Å². The first-order valence-electron chi connectivity index (χ1n) is 9.89. The summed E-state index contributed by atoms with van der Waals surface area (Å²) in [6.45, 7) is 6.93. The molecular formula is C21H28N4O4. The van der Waals surface area contributed by atoms with E-state index in [9.17, 15) is 9.59 Å². The van der Waals surface area contributed by atoms with Crippen LogP contribution in [0.1, 0.15) is 47.4 Å². The number of carbonyl (C=O) groups excluding carboxylic acids is 2. The molecule has 0 bridgehead atoms. The molecule has 0 N–H and O–H groups in total. The van der Waals surface area contributed by atoms with Gasteiger partial charge in [-0.3, -0.25) is 9.59 Å². The minimum absolute atomic E-state index is 0.00727. The van der Waals surface area contributed by atoms with Gasteiger partial charge in [-0.1, -0.05) is 5.16 Å². The van der Waals surface area contributed by atoms with Crippen LogP contribution in [-0.4, -0.2) is 64.5 Å². The molecule has 1 fully saturated rings. The molecule has 1 aromatic carbocycles. The van der Waals surface area contributed by atoms with Crippen molar-refractivity contribution in [2.24, 2.45) is 0 Å². The summed E-state index contributed by atoms with van der Waals surface area (Å²) < 4.78 is 10.2. The number of nitrogens with zero attached hydrogens (tertiary/aromatic N) is 4. The highest BCUT2D eigenvalue weighted by Gasteiger charge is 2.30. The number of hydrogen-bond donors (Lipinski definition) is 0. The summed E-state index contributed by atoms with van der Waals surface area (Å²) in [6, 6.07) is 5.46. The van der Waals surface area contributed by atoms with E-state index in [4.69, 9.17) is 9.26 Å². The lowest BCUT2D eigenvalue weighted by Crippen LogP contribution is -2.51. The number of methoxy groups -OCH3 is 1. The van der Waals surface area contributed by atoms with Gasteiger partial charge in [0.15, 0.2) is 5.82 Å². The van der Waals surface area contributed by atoms with Gasteiger partial charge in [0, 0.05) is 51.5 Å². The van der Waals surface area contributed by atoms with E-state index in [1.165, 1.54) is 0 Å². The molecule has 1 aliphatic rings. The van der Waals surface area contributed by atoms with Gasteiger partial charge in [0.25, 0.3) is 5.91 Å². The molecular weight excluding hydrogens is 372 g/mol. The summed E-state index contributed by atoms with van der Waals surface area (Å²) >= 11 is 0. The molecule has 8 heteroatoms. The summed E-state index contributed by atoms with van der Waals surface area (Å²) in [5, 5.41) is 3.90. The second kappa shape index (κ2) is 9.07. The van der Waals surface area contributed by atoms with Crippen LogP contribution in [0.25, 0.3) is 0 Å². The zero-order chi connectivity index (χ0) is 21.0. The molecule has 0 spiro atoms. The molecule has 1 saturated heterocycles. The number of hydrogen-bond acceptors (Lipinski definition) is 6. The Labute approximate surface area is 170 Å². The highest BCUT2D eigenvalue weighted by molar-refractivity contribution is 5.96. The quantitative estimate of drug-likeness (QED) is 0.740. The Bertz CT molecular complexity index is 879. The molecule has 1 aliphatic heterocycles. The smallest absolute Gasteiger partial charge is 0.254 e. The third-order valence-electron chi connectivity index (χ3n) is 5.34. The van der Waals surface area contributed by atoms with Gasteiger partial charge in [-0.15, -0.1) is 0 Å². The second-order valence-electron chi connectivity index (χ2n) is 7.42. The first kappa shape index (κ1) is 20.8. The maximum Gasteiger partial charge on any atom is 0.254 e. The molecule has 2 aromatic rings. The van der Waals surface area contributed by atoms with Crippen LogP contribution >= 0.6 is 0 Å². The largest absolute Gasteiger partial charge is 0.497 e. The Balaban J connectivity index is 1.68. The molecule has 156 valence electrons. The van der Waals surface area contributed by atoms with E-state index in [0.29, 0.717) is 43.3 Å². The van der Waals surface area contributed by atoms with Crippen LogP contribution in [0.5, 0.6) is 5.75 Å². The van der Waals surface area contributed by atoms with Crippen molar-refractivity contribution in [1.82, 2.24) is 19.9 Å². The summed E-state index contributed by atoms with van der Waals surface area (Å²) in [7, 11) is 1.61. The standard InChI is InChI=1S/C21H28N4O4/c1-14-12-18(28-4)7-8-19(14)21(27)24-10-5-6-17(13-24)25(16(3)26)11-9-20-22-15(2)29-23-20/h7-8,12,17H,5-6,9-11,13H2,1-4H3. The van der Waals surface area contributed by atoms with Crippen LogP contribution in [-0.2, 0) is 11.2 Å². The van der Waals surface area contributed by atoms with E-state index in [-0.39, 0.29) is 17.9 Å². The van der Waals surface area contributed by atoms with Crippen molar-refractivity contribution in [1.29, 1.82) is 0 Å². The first-order chi connectivity index (χ1) is 13.9. The topological polar surface area (TPSA) is 88.8 Å². The van der Waals surface area contributed by atoms with Crippen molar-refractivity contribution in [3.8, 4) is 5.75 Å². The monoisotopic (exact) mass is 400 g/mol. The van der Waals surface area contributed by atoms with Gasteiger partial charge in [-0.2, -0.15) is 4.98 Å². The summed E-state index contributed by atoms with van der Waals surface area (Å²) in [6.07, 6.45) is 2.26. The van der Waals surface area contributed by atoms with E-state index in [1.54, 1.807) is 33.1 Å². The summed E-state index contributed by atoms with van der Waals surface area (Å²) in [4.78, 5) is 33.2. The molecule has 0 radical (unpaired) electrons. The van der Waals surface area contributed by atoms with Crippen molar-refractivity contribution in [3.05, 3.63) is 41.0 Å². The zero-order valence-corrected chi connectivity index (χ0v) is 17.5. The molecule has 2 amide bonds. The van der Waals surface area contributed by atoms with Crippen LogP contribution in [0.4, 0.5) is 0 Å². The third kappa shape index (κ3) is 4.93. The van der Waals surface area contributed by atoms with Crippen LogP contribution < -0.4 is 4.74 Å². The maximum absolute atomic E-state index is 13.1. The number of aryl methyl sites for hydroxylation is 2. The number of aromatic nitrogens is 2. The van der Waals surface area contributed by atoms with Gasteiger partial charge in [-0.25, -0.2) is 0 Å². The number of ether oxygens (including phenoxy) is 1. The Morgan fingerprint density at radius 3 is 2.76 bits per heavy atom. The lowest BCUT2D eigenvalue weighted by atomic mass is 10.0. The Kier molecular flexibility index (Phi) is 6.51. The van der Waals surface area contributed by atoms with Gasteiger partial charge in [-0.05, 0) is 43.5 Å². The fraction of sp³-hybridized carbons (Fsp3) is 0.524. The van der Waals surface area contributed by atoms with Crippen LogP contribution in [0.2, 0.25) is 0 Å². The number of amides is 2. The van der Waals surface area contributed by atoms with E-state index < -0.39 is 0 Å². The molecule has 0 saturated carbocycles. The average molecular weight is 400 g/mol. The summed E-state index contributed by atoms with van der Waals surface area (Å²) in [5.74, 6) is 1.82. The van der Waals surface area contributed by atoms with E-state index >= 15 is 0 Å². The second-order valence-corrected chi connectivity index (χ2v) is 7.42. The molecule has 1 atom stereocenters. The highest BCUT2D eigenvalue weighted by Crippen LogP contribution is 2.22. The van der Waals surface area contributed by atoms with E-state index in [0.717, 1.165) is 24.2 Å². The molecule has 0 aliphatic carbocycles. The van der Waals surface area contributed by atoms with Crippen molar-refractivity contribution >= 4 is 11.8 Å². The molecule has 2 heterocycles. The Morgan fingerprint density at radius 2 is 2.14 bits per heavy atom. The zero-order valence-electron chi connectivity index (χ0n) is 17.5. The Morgan fingerprint density at radius 1 is 1.34 bits per heavy atom. The molecule has 3 rings (SSSR count). The van der Waals surface area contributed by atoms with Crippen molar-refractivity contribution < 1.29 is 18.8 Å². The fourth-order valence-corrected chi connectivity index (χ4v) is 3.83.